The van der Waals surface area contributed by atoms with Crippen LogP contribution < -0.4 is 5.56 Å². The lowest BCUT2D eigenvalue weighted by molar-refractivity contribution is -0.137. The van der Waals surface area contributed by atoms with Crippen LogP contribution in [0.1, 0.15) is 17.0 Å². The van der Waals surface area contributed by atoms with Crippen LogP contribution in [0.4, 0.5) is 13.2 Å². The van der Waals surface area contributed by atoms with E-state index in [4.69, 9.17) is 0 Å². The van der Waals surface area contributed by atoms with Crippen LogP contribution in [-0.4, -0.2) is 15.9 Å². The first-order valence-electron chi connectivity index (χ1n) is 6.55. The predicted octanol–water partition coefficient (Wildman–Crippen LogP) is 3.67. The number of aromatic nitrogens is 2. The van der Waals surface area contributed by atoms with Crippen LogP contribution in [0.3, 0.4) is 0 Å². The molecule has 0 aliphatic heterocycles. The summed E-state index contributed by atoms with van der Waals surface area (Å²) in [6, 6.07) is 6.66. The lowest BCUT2D eigenvalue weighted by atomic mass is 10.1. The molecule has 0 unspecified atom stereocenters. The molecule has 0 atom stereocenters. The molecule has 0 aliphatic carbocycles. The second-order valence-corrected chi connectivity index (χ2v) is 5.64. The van der Waals surface area contributed by atoms with Gasteiger partial charge in [-0.3, -0.25) is 4.79 Å². The summed E-state index contributed by atoms with van der Waals surface area (Å²) in [5, 5.41) is 6.02. The minimum Gasteiger partial charge on any atom is -0.267 e. The Labute approximate surface area is 132 Å². The first-order valence-corrected chi connectivity index (χ1v) is 7.43. The molecule has 23 heavy (non-hydrogen) atoms. The van der Waals surface area contributed by atoms with Gasteiger partial charge in [0.15, 0.2) is 0 Å². The van der Waals surface area contributed by atoms with E-state index >= 15 is 0 Å². The standard InChI is InChI=1S/C15H10F3N3OS/c1-9-20-13-11(6-7-23-13)14(22)21(9)19-8-10-4-2-3-5-12(10)15(16,17)18/h2-8H,1H3. The summed E-state index contributed by atoms with van der Waals surface area (Å²) in [7, 11) is 0. The molecule has 0 saturated heterocycles. The number of hydrogen-bond donors (Lipinski definition) is 0. The van der Waals surface area contributed by atoms with Gasteiger partial charge in [-0.25, -0.2) is 4.98 Å². The predicted molar refractivity (Wildman–Crippen MR) is 83.1 cm³/mol. The minimum absolute atomic E-state index is 0.114. The second kappa shape index (κ2) is 5.62. The molecule has 0 saturated carbocycles. The van der Waals surface area contributed by atoms with E-state index in [0.717, 1.165) is 17.0 Å². The molecule has 0 fully saturated rings. The summed E-state index contributed by atoms with van der Waals surface area (Å²) < 4.78 is 39.9. The Morgan fingerprint density at radius 3 is 2.74 bits per heavy atom. The van der Waals surface area contributed by atoms with E-state index in [1.165, 1.54) is 29.5 Å². The number of benzene rings is 1. The van der Waals surface area contributed by atoms with Gasteiger partial charge in [-0.2, -0.15) is 22.9 Å². The van der Waals surface area contributed by atoms with Gasteiger partial charge in [0, 0.05) is 5.56 Å². The maximum Gasteiger partial charge on any atom is 0.417 e. The fourth-order valence-electron chi connectivity index (χ4n) is 2.13. The zero-order valence-electron chi connectivity index (χ0n) is 11.8. The van der Waals surface area contributed by atoms with Crippen molar-refractivity contribution in [1.29, 1.82) is 0 Å². The van der Waals surface area contributed by atoms with Crippen LogP contribution >= 0.6 is 11.3 Å². The van der Waals surface area contributed by atoms with Crippen molar-refractivity contribution in [3.8, 4) is 0 Å². The van der Waals surface area contributed by atoms with E-state index in [2.05, 4.69) is 10.1 Å². The number of thiophene rings is 1. The zero-order valence-corrected chi connectivity index (χ0v) is 12.6. The van der Waals surface area contributed by atoms with Crippen molar-refractivity contribution >= 4 is 27.8 Å². The lowest BCUT2D eigenvalue weighted by Crippen LogP contribution is -2.20. The molecule has 0 aliphatic rings. The van der Waals surface area contributed by atoms with Crippen molar-refractivity contribution in [3.63, 3.8) is 0 Å². The third-order valence-electron chi connectivity index (χ3n) is 3.22. The Morgan fingerprint density at radius 1 is 1.26 bits per heavy atom. The topological polar surface area (TPSA) is 47.2 Å². The molecule has 0 bridgehead atoms. The number of halogens is 3. The highest BCUT2D eigenvalue weighted by Crippen LogP contribution is 2.31. The van der Waals surface area contributed by atoms with Gasteiger partial charge >= 0.3 is 6.18 Å². The van der Waals surface area contributed by atoms with Gasteiger partial charge in [-0.05, 0) is 24.4 Å². The average Bonchev–Trinajstić information content (AvgIpc) is 2.95. The summed E-state index contributed by atoms with van der Waals surface area (Å²) >= 11 is 1.32. The molecule has 0 amide bonds. The Bertz CT molecular complexity index is 956. The fraction of sp³-hybridized carbons (Fsp3) is 0.133. The van der Waals surface area contributed by atoms with Gasteiger partial charge < -0.3 is 0 Å². The maximum absolute atomic E-state index is 13.0. The minimum atomic E-state index is -4.49. The van der Waals surface area contributed by atoms with Gasteiger partial charge in [0.25, 0.3) is 5.56 Å². The van der Waals surface area contributed by atoms with E-state index in [9.17, 15) is 18.0 Å². The van der Waals surface area contributed by atoms with Gasteiger partial charge in [0.1, 0.15) is 10.7 Å². The second-order valence-electron chi connectivity index (χ2n) is 4.74. The molecule has 3 aromatic rings. The van der Waals surface area contributed by atoms with Crippen molar-refractivity contribution in [3.05, 3.63) is 63.0 Å². The first kappa shape index (κ1) is 15.4. The molecule has 2 aromatic heterocycles. The van der Waals surface area contributed by atoms with E-state index in [0.29, 0.717) is 16.0 Å². The highest BCUT2D eigenvalue weighted by Gasteiger charge is 2.32. The van der Waals surface area contributed by atoms with Gasteiger partial charge in [0.05, 0.1) is 17.2 Å². The molecular formula is C15H10F3N3OS. The number of hydrogen-bond acceptors (Lipinski definition) is 4. The lowest BCUT2D eigenvalue weighted by Gasteiger charge is -2.09. The number of aryl methyl sites for hydroxylation is 1. The molecule has 118 valence electrons. The highest BCUT2D eigenvalue weighted by atomic mass is 32.1. The molecule has 0 N–H and O–H groups in total. The van der Waals surface area contributed by atoms with Crippen molar-refractivity contribution in [1.82, 2.24) is 9.66 Å². The number of rotatable bonds is 2. The molecule has 8 heteroatoms. The van der Waals surface area contributed by atoms with Gasteiger partial charge in [-0.15, -0.1) is 11.3 Å². The van der Waals surface area contributed by atoms with Crippen LogP contribution in [-0.2, 0) is 6.18 Å². The normalized spacial score (nSPS) is 12.3. The summed E-state index contributed by atoms with van der Waals surface area (Å²) in [6.07, 6.45) is -3.46. The van der Waals surface area contributed by atoms with Crippen molar-refractivity contribution in [2.45, 2.75) is 13.1 Å². The van der Waals surface area contributed by atoms with Crippen LogP contribution in [0, 0.1) is 6.92 Å². The Balaban J connectivity index is 2.10. The van der Waals surface area contributed by atoms with Crippen LogP contribution in [0.5, 0.6) is 0 Å². The number of nitrogens with zero attached hydrogens (tertiary/aromatic N) is 3. The van der Waals surface area contributed by atoms with Gasteiger partial charge in [0.2, 0.25) is 0 Å². The number of alkyl halides is 3. The van der Waals surface area contributed by atoms with E-state index in [-0.39, 0.29) is 5.56 Å². The monoisotopic (exact) mass is 337 g/mol. The maximum atomic E-state index is 13.0. The van der Waals surface area contributed by atoms with Gasteiger partial charge in [-0.1, -0.05) is 18.2 Å². The molecule has 4 nitrogen and oxygen atoms in total. The van der Waals surface area contributed by atoms with E-state index in [1.54, 1.807) is 18.4 Å². The van der Waals surface area contributed by atoms with Crippen molar-refractivity contribution < 1.29 is 13.2 Å². The summed E-state index contributed by atoms with van der Waals surface area (Å²) in [5.74, 6) is 0.311. The molecule has 2 heterocycles. The van der Waals surface area contributed by atoms with Crippen LogP contribution in [0.25, 0.3) is 10.2 Å². The molecule has 0 radical (unpaired) electrons. The Hall–Kier alpha value is -2.48. The van der Waals surface area contributed by atoms with Crippen molar-refractivity contribution in [2.75, 3.05) is 0 Å². The fourth-order valence-corrected chi connectivity index (χ4v) is 2.93. The van der Waals surface area contributed by atoms with E-state index < -0.39 is 17.3 Å². The molecule has 3 rings (SSSR count). The van der Waals surface area contributed by atoms with Crippen molar-refractivity contribution in [2.24, 2.45) is 5.10 Å². The largest absolute Gasteiger partial charge is 0.417 e. The smallest absolute Gasteiger partial charge is 0.267 e. The molecule has 0 spiro atoms. The first-order chi connectivity index (χ1) is 10.9. The third kappa shape index (κ3) is 2.89. The number of fused-ring (bicyclic) bond motifs is 1. The van der Waals surface area contributed by atoms with Crippen LogP contribution in [0.2, 0.25) is 0 Å². The summed E-state index contributed by atoms with van der Waals surface area (Å²) in [4.78, 5) is 17.1. The molecule has 1 aromatic carbocycles. The third-order valence-corrected chi connectivity index (χ3v) is 4.02. The average molecular weight is 337 g/mol. The summed E-state index contributed by atoms with van der Waals surface area (Å²) in [5.41, 5.74) is -1.33. The van der Waals surface area contributed by atoms with E-state index in [1.807, 2.05) is 0 Å². The Kier molecular flexibility index (Phi) is 3.77. The SMILES string of the molecule is Cc1nc2sccc2c(=O)n1N=Cc1ccccc1C(F)(F)F. The Morgan fingerprint density at radius 2 is 2.00 bits per heavy atom. The highest BCUT2D eigenvalue weighted by molar-refractivity contribution is 7.16. The quantitative estimate of drug-likeness (QED) is 0.670. The summed E-state index contributed by atoms with van der Waals surface area (Å²) in [6.45, 7) is 1.58. The van der Waals surface area contributed by atoms with Crippen LogP contribution in [0.15, 0.2) is 45.6 Å². The zero-order chi connectivity index (χ0) is 16.6. The molecular weight excluding hydrogens is 327 g/mol.